The van der Waals surface area contributed by atoms with Crippen molar-refractivity contribution in [1.82, 2.24) is 10.6 Å². The number of aliphatic carboxylic acids is 1. The first-order valence-corrected chi connectivity index (χ1v) is 4.87. The normalized spacial score (nSPS) is 30.4. The molecule has 0 aromatic rings. The summed E-state index contributed by atoms with van der Waals surface area (Å²) >= 11 is 0. The van der Waals surface area contributed by atoms with Gasteiger partial charge in [-0.1, -0.05) is 0 Å². The first kappa shape index (κ1) is 9.12. The Morgan fingerprint density at radius 3 is 3.14 bits per heavy atom. The van der Waals surface area contributed by atoms with Gasteiger partial charge < -0.3 is 15.7 Å². The van der Waals surface area contributed by atoms with Crippen molar-refractivity contribution < 1.29 is 9.90 Å². The topological polar surface area (TPSA) is 61.4 Å². The Bertz CT molecular complexity index is 296. The van der Waals surface area contributed by atoms with Crippen LogP contribution in [0.15, 0.2) is 24.0 Å². The maximum Gasteiger partial charge on any atom is 0.326 e. The summed E-state index contributed by atoms with van der Waals surface area (Å²) in [6.07, 6.45) is 7.40. The van der Waals surface area contributed by atoms with E-state index in [4.69, 9.17) is 5.11 Å². The molecule has 2 aliphatic rings. The number of fused-ring (bicyclic) bond motifs is 1. The predicted molar refractivity (Wildman–Crippen MR) is 52.5 cm³/mol. The minimum Gasteiger partial charge on any atom is -0.480 e. The van der Waals surface area contributed by atoms with Gasteiger partial charge in [-0.15, -0.1) is 0 Å². The molecule has 76 valence electrons. The number of piperidine rings is 1. The lowest BCUT2D eigenvalue weighted by atomic mass is 9.91. The predicted octanol–water partition coefficient (Wildman–Crippen LogP) is 0.440. The first-order valence-electron chi connectivity index (χ1n) is 4.87. The standard InChI is InChI=1S/C10H14N2O2/c13-10(14)9-4-3-7-6-11-5-1-2-8(7)12-9/h1-2,5,7,9,11-12H,3-4,6H2,(H,13,14). The lowest BCUT2D eigenvalue weighted by molar-refractivity contribution is -0.139. The average molecular weight is 194 g/mol. The summed E-state index contributed by atoms with van der Waals surface area (Å²) in [5, 5.41) is 15.1. The van der Waals surface area contributed by atoms with Gasteiger partial charge in [0.2, 0.25) is 0 Å². The lowest BCUT2D eigenvalue weighted by Gasteiger charge is -2.30. The van der Waals surface area contributed by atoms with Gasteiger partial charge in [0, 0.05) is 18.2 Å². The van der Waals surface area contributed by atoms with E-state index in [0.717, 1.165) is 18.7 Å². The van der Waals surface area contributed by atoms with E-state index in [-0.39, 0.29) is 0 Å². The molecule has 0 aliphatic carbocycles. The fourth-order valence-electron chi connectivity index (χ4n) is 1.93. The third-order valence-electron chi connectivity index (χ3n) is 2.74. The van der Waals surface area contributed by atoms with Crippen LogP contribution in [-0.4, -0.2) is 23.7 Å². The fourth-order valence-corrected chi connectivity index (χ4v) is 1.93. The van der Waals surface area contributed by atoms with Gasteiger partial charge in [0.1, 0.15) is 6.04 Å². The minimum atomic E-state index is -0.759. The zero-order chi connectivity index (χ0) is 9.97. The highest BCUT2D eigenvalue weighted by atomic mass is 16.4. The highest BCUT2D eigenvalue weighted by molar-refractivity contribution is 5.74. The van der Waals surface area contributed by atoms with Crippen LogP contribution in [0.25, 0.3) is 0 Å². The van der Waals surface area contributed by atoms with E-state index in [1.807, 2.05) is 18.4 Å². The Kier molecular flexibility index (Phi) is 2.43. The summed E-state index contributed by atoms with van der Waals surface area (Å²) < 4.78 is 0. The van der Waals surface area contributed by atoms with Crippen LogP contribution < -0.4 is 10.6 Å². The van der Waals surface area contributed by atoms with E-state index in [0.29, 0.717) is 12.3 Å². The second-order valence-corrected chi connectivity index (χ2v) is 3.70. The van der Waals surface area contributed by atoms with Gasteiger partial charge in [-0.25, -0.2) is 4.79 Å². The number of rotatable bonds is 1. The van der Waals surface area contributed by atoms with Crippen LogP contribution in [0, 0.1) is 5.92 Å². The summed E-state index contributed by atoms with van der Waals surface area (Å²) in [7, 11) is 0. The zero-order valence-electron chi connectivity index (χ0n) is 7.86. The van der Waals surface area contributed by atoms with E-state index in [2.05, 4.69) is 10.6 Å². The maximum atomic E-state index is 10.8. The lowest BCUT2D eigenvalue weighted by Crippen LogP contribution is -2.43. The van der Waals surface area contributed by atoms with Gasteiger partial charge in [0.25, 0.3) is 0 Å². The van der Waals surface area contributed by atoms with Gasteiger partial charge in [0.15, 0.2) is 0 Å². The minimum absolute atomic E-state index is 0.413. The van der Waals surface area contributed by atoms with E-state index < -0.39 is 12.0 Å². The van der Waals surface area contributed by atoms with Crippen molar-refractivity contribution in [2.24, 2.45) is 5.92 Å². The smallest absolute Gasteiger partial charge is 0.326 e. The molecular formula is C10H14N2O2. The molecule has 4 heteroatoms. The van der Waals surface area contributed by atoms with Crippen LogP contribution in [0.2, 0.25) is 0 Å². The Hall–Kier alpha value is -1.45. The molecule has 2 unspecified atom stereocenters. The quantitative estimate of drug-likeness (QED) is 0.567. The van der Waals surface area contributed by atoms with E-state index in [1.54, 1.807) is 0 Å². The van der Waals surface area contributed by atoms with Crippen LogP contribution in [0.1, 0.15) is 12.8 Å². The maximum absolute atomic E-state index is 10.8. The Labute approximate surface area is 82.7 Å². The number of hydrogen-bond donors (Lipinski definition) is 3. The highest BCUT2D eigenvalue weighted by Crippen LogP contribution is 2.23. The van der Waals surface area contributed by atoms with Crippen LogP contribution in [0.5, 0.6) is 0 Å². The van der Waals surface area contributed by atoms with Crippen molar-refractivity contribution in [2.45, 2.75) is 18.9 Å². The molecule has 4 nitrogen and oxygen atoms in total. The molecule has 2 atom stereocenters. The molecule has 14 heavy (non-hydrogen) atoms. The van der Waals surface area contributed by atoms with Gasteiger partial charge in [-0.3, -0.25) is 0 Å². The summed E-state index contributed by atoms with van der Waals surface area (Å²) in [4.78, 5) is 10.8. The van der Waals surface area contributed by atoms with Crippen LogP contribution in [0.4, 0.5) is 0 Å². The SMILES string of the molecule is O=C(O)C1CCC2CNC=CC=C2N1. The largest absolute Gasteiger partial charge is 0.480 e. The van der Waals surface area contributed by atoms with Crippen molar-refractivity contribution >= 4 is 5.97 Å². The van der Waals surface area contributed by atoms with Crippen LogP contribution in [0.3, 0.4) is 0 Å². The molecule has 0 spiro atoms. The third kappa shape index (κ3) is 1.73. The summed E-state index contributed by atoms with van der Waals surface area (Å²) in [5.41, 5.74) is 1.05. The van der Waals surface area contributed by atoms with E-state index >= 15 is 0 Å². The molecule has 2 rings (SSSR count). The fraction of sp³-hybridized carbons (Fsp3) is 0.500. The molecular weight excluding hydrogens is 180 g/mol. The number of carboxylic acids is 1. The molecule has 3 N–H and O–H groups in total. The van der Waals surface area contributed by atoms with Gasteiger partial charge >= 0.3 is 5.97 Å². The van der Waals surface area contributed by atoms with Crippen molar-refractivity contribution in [2.75, 3.05) is 6.54 Å². The van der Waals surface area contributed by atoms with E-state index in [9.17, 15) is 4.79 Å². The number of carbonyl (C=O) groups is 1. The van der Waals surface area contributed by atoms with Crippen molar-refractivity contribution in [3.8, 4) is 0 Å². The molecule has 0 bridgehead atoms. The molecule has 0 aromatic heterocycles. The number of carboxylic acid groups (broad SMARTS) is 1. The van der Waals surface area contributed by atoms with Crippen molar-refractivity contribution in [1.29, 1.82) is 0 Å². The molecule has 0 radical (unpaired) electrons. The second-order valence-electron chi connectivity index (χ2n) is 3.70. The number of nitrogens with one attached hydrogen (secondary N) is 2. The molecule has 0 aromatic carbocycles. The molecule has 1 saturated heterocycles. The number of hydrogen-bond acceptors (Lipinski definition) is 3. The summed E-state index contributed by atoms with van der Waals surface area (Å²) in [6, 6.07) is -0.413. The Morgan fingerprint density at radius 1 is 1.50 bits per heavy atom. The summed E-state index contributed by atoms with van der Waals surface area (Å²) in [6.45, 7) is 0.891. The molecule has 0 saturated carbocycles. The Morgan fingerprint density at radius 2 is 2.36 bits per heavy atom. The number of allylic oxidation sites excluding steroid dienone is 2. The van der Waals surface area contributed by atoms with E-state index in [1.165, 1.54) is 0 Å². The molecule has 0 amide bonds. The van der Waals surface area contributed by atoms with Crippen molar-refractivity contribution in [3.05, 3.63) is 24.0 Å². The first-order chi connectivity index (χ1) is 6.77. The summed E-state index contributed by atoms with van der Waals surface area (Å²) in [5.74, 6) is -0.328. The van der Waals surface area contributed by atoms with Crippen molar-refractivity contribution in [3.63, 3.8) is 0 Å². The average Bonchev–Trinajstić information content (AvgIpc) is 2.41. The second kappa shape index (κ2) is 3.74. The Balaban J connectivity index is 2.09. The highest BCUT2D eigenvalue weighted by Gasteiger charge is 2.28. The van der Waals surface area contributed by atoms with Gasteiger partial charge in [-0.05, 0) is 31.2 Å². The zero-order valence-corrected chi connectivity index (χ0v) is 7.86. The van der Waals surface area contributed by atoms with Crippen LogP contribution >= 0.6 is 0 Å². The monoisotopic (exact) mass is 194 g/mol. The third-order valence-corrected chi connectivity index (χ3v) is 2.74. The molecule has 1 fully saturated rings. The molecule has 2 aliphatic heterocycles. The van der Waals surface area contributed by atoms with Crippen LogP contribution in [-0.2, 0) is 4.79 Å². The molecule has 2 heterocycles. The van der Waals surface area contributed by atoms with Gasteiger partial charge in [0.05, 0.1) is 0 Å². The van der Waals surface area contributed by atoms with Gasteiger partial charge in [-0.2, -0.15) is 0 Å².